The summed E-state index contributed by atoms with van der Waals surface area (Å²) in [6.45, 7) is 3.86. The fourth-order valence-corrected chi connectivity index (χ4v) is 5.23. The molecule has 5 rings (SSSR count). The number of nitrogens with one attached hydrogen (secondary N) is 2. The van der Waals surface area contributed by atoms with E-state index in [4.69, 9.17) is 4.74 Å². The lowest BCUT2D eigenvalue weighted by atomic mass is 9.79. The van der Waals surface area contributed by atoms with E-state index in [1.807, 2.05) is 50.2 Å². The smallest absolute Gasteiger partial charge is 0.408 e. The van der Waals surface area contributed by atoms with Crippen LogP contribution in [0.3, 0.4) is 0 Å². The van der Waals surface area contributed by atoms with Gasteiger partial charge in [-0.25, -0.2) is 0 Å². The number of halogens is 3. The maximum atomic E-state index is 13.8. The van der Waals surface area contributed by atoms with Crippen LogP contribution in [0, 0.1) is 25.7 Å². The molecule has 0 aliphatic carbocycles. The fourth-order valence-electron chi connectivity index (χ4n) is 5.23. The topological polar surface area (TPSA) is 67.4 Å². The Labute approximate surface area is 213 Å². The third kappa shape index (κ3) is 5.05. The van der Waals surface area contributed by atoms with E-state index in [2.05, 4.69) is 10.6 Å². The van der Waals surface area contributed by atoms with Crippen LogP contribution in [0.15, 0.2) is 66.7 Å². The van der Waals surface area contributed by atoms with E-state index in [1.54, 1.807) is 30.3 Å². The summed E-state index contributed by atoms with van der Waals surface area (Å²) in [6.07, 6.45) is -4.73. The molecule has 0 saturated carbocycles. The predicted octanol–water partition coefficient (Wildman–Crippen LogP) is 5.54. The Morgan fingerprint density at radius 1 is 0.973 bits per heavy atom. The first kappa shape index (κ1) is 24.9. The van der Waals surface area contributed by atoms with Crippen LogP contribution in [0.25, 0.3) is 0 Å². The van der Waals surface area contributed by atoms with Gasteiger partial charge in [-0.3, -0.25) is 9.59 Å². The highest BCUT2D eigenvalue weighted by molar-refractivity contribution is 6.01. The van der Waals surface area contributed by atoms with Crippen molar-refractivity contribution in [2.75, 3.05) is 0 Å². The fraction of sp³-hybridized carbons (Fsp3) is 0.310. The van der Waals surface area contributed by atoms with E-state index < -0.39 is 41.9 Å². The highest BCUT2D eigenvalue weighted by atomic mass is 19.4. The summed E-state index contributed by atoms with van der Waals surface area (Å²) in [5.41, 5.74) is 4.12. The highest BCUT2D eigenvalue weighted by Crippen LogP contribution is 2.44. The number of alkyl halides is 3. The van der Waals surface area contributed by atoms with E-state index in [9.17, 15) is 22.8 Å². The first-order valence-corrected chi connectivity index (χ1v) is 12.2. The van der Waals surface area contributed by atoms with Crippen molar-refractivity contribution in [3.63, 3.8) is 0 Å². The molecule has 37 heavy (non-hydrogen) atoms. The van der Waals surface area contributed by atoms with Crippen molar-refractivity contribution in [2.45, 2.75) is 44.9 Å². The Balaban J connectivity index is 1.43. The second kappa shape index (κ2) is 9.57. The molecule has 8 heteroatoms. The molecule has 3 unspecified atom stereocenters. The number of hydrogen-bond donors (Lipinski definition) is 2. The molecule has 2 N–H and O–H groups in total. The van der Waals surface area contributed by atoms with Crippen LogP contribution in [0.2, 0.25) is 0 Å². The van der Waals surface area contributed by atoms with Crippen LogP contribution >= 0.6 is 0 Å². The van der Waals surface area contributed by atoms with Gasteiger partial charge in [0.1, 0.15) is 23.5 Å². The molecule has 2 aliphatic rings. The van der Waals surface area contributed by atoms with Crippen molar-refractivity contribution in [3.05, 3.63) is 94.5 Å². The Kier molecular flexibility index (Phi) is 6.43. The zero-order valence-corrected chi connectivity index (χ0v) is 20.4. The number of rotatable bonds is 4. The van der Waals surface area contributed by atoms with Crippen molar-refractivity contribution in [1.29, 1.82) is 0 Å². The lowest BCUT2D eigenvalue weighted by molar-refractivity contribution is -0.181. The largest absolute Gasteiger partial charge is 0.457 e. The number of hydrogen-bond acceptors (Lipinski definition) is 3. The van der Waals surface area contributed by atoms with Gasteiger partial charge in [0.2, 0.25) is 11.8 Å². The zero-order valence-electron chi connectivity index (χ0n) is 20.4. The Morgan fingerprint density at radius 3 is 2.14 bits per heavy atom. The van der Waals surface area contributed by atoms with Gasteiger partial charge in [0, 0.05) is 11.1 Å². The van der Waals surface area contributed by atoms with Gasteiger partial charge in [0.25, 0.3) is 0 Å². The predicted molar refractivity (Wildman–Crippen MR) is 132 cm³/mol. The number of ether oxygens (including phenoxy) is 1. The minimum Gasteiger partial charge on any atom is -0.457 e. The van der Waals surface area contributed by atoms with Crippen LogP contribution in [-0.2, 0) is 16.0 Å². The Hall–Kier alpha value is -3.81. The van der Waals surface area contributed by atoms with E-state index in [0.29, 0.717) is 11.5 Å². The van der Waals surface area contributed by atoms with Gasteiger partial charge in [0.05, 0.1) is 6.04 Å². The van der Waals surface area contributed by atoms with Gasteiger partial charge in [-0.1, -0.05) is 54.6 Å². The van der Waals surface area contributed by atoms with Crippen LogP contribution in [-0.4, -0.2) is 24.0 Å². The van der Waals surface area contributed by atoms with Crippen molar-refractivity contribution in [1.82, 2.24) is 10.6 Å². The number of amides is 2. The molecule has 3 aromatic rings. The molecule has 1 fully saturated rings. The molecule has 192 valence electrons. The molecule has 5 nitrogen and oxygen atoms in total. The highest BCUT2D eigenvalue weighted by Gasteiger charge is 2.51. The lowest BCUT2D eigenvalue weighted by Gasteiger charge is -2.38. The molecule has 0 aromatic heterocycles. The van der Waals surface area contributed by atoms with Gasteiger partial charge in [-0.05, 0) is 61.4 Å². The molecule has 0 bridgehead atoms. The van der Waals surface area contributed by atoms with E-state index in [1.165, 1.54) is 0 Å². The molecular weight excluding hydrogens is 481 g/mol. The zero-order chi connectivity index (χ0) is 26.3. The van der Waals surface area contributed by atoms with Crippen LogP contribution in [0.4, 0.5) is 13.2 Å². The van der Waals surface area contributed by atoms with Crippen molar-refractivity contribution >= 4 is 11.8 Å². The second-order valence-electron chi connectivity index (χ2n) is 9.89. The minimum absolute atomic E-state index is 0.0938. The standard InChI is InChI=1S/C29H27F3N2O3/c1-16-8-10-20-23(12-16)37-24-13-17(2)9-11-21(24)25(20)33-27(35)22-15-19(14-18-6-4-3-5-7-18)26(29(30,31)32)34-28(22)36/h3-13,19,22,25-26H,14-15H2,1-2H3,(H,33,35)(H,34,36). The maximum Gasteiger partial charge on any atom is 0.408 e. The van der Waals surface area contributed by atoms with Gasteiger partial charge in [-0.2, -0.15) is 13.2 Å². The molecule has 0 radical (unpaired) electrons. The number of carbonyl (C=O) groups excluding carboxylic acids is 2. The summed E-state index contributed by atoms with van der Waals surface area (Å²) < 4.78 is 47.6. The summed E-state index contributed by atoms with van der Waals surface area (Å²) in [7, 11) is 0. The van der Waals surface area contributed by atoms with E-state index in [0.717, 1.165) is 27.8 Å². The lowest BCUT2D eigenvalue weighted by Crippen LogP contribution is -2.59. The molecule has 3 atom stereocenters. The third-order valence-electron chi connectivity index (χ3n) is 7.10. The normalized spacial score (nSPS) is 21.3. The first-order valence-electron chi connectivity index (χ1n) is 12.2. The van der Waals surface area contributed by atoms with Crippen molar-refractivity contribution in [3.8, 4) is 11.5 Å². The number of fused-ring (bicyclic) bond motifs is 2. The molecule has 1 saturated heterocycles. The summed E-state index contributed by atoms with van der Waals surface area (Å²) in [6, 6.07) is 17.4. The molecule has 2 aliphatic heterocycles. The monoisotopic (exact) mass is 508 g/mol. The third-order valence-corrected chi connectivity index (χ3v) is 7.10. The molecular formula is C29H27F3N2O3. The molecule has 0 spiro atoms. The van der Waals surface area contributed by atoms with Crippen molar-refractivity contribution < 1.29 is 27.5 Å². The molecule has 3 aromatic carbocycles. The van der Waals surface area contributed by atoms with Crippen LogP contribution in [0.1, 0.15) is 40.3 Å². The maximum absolute atomic E-state index is 13.8. The van der Waals surface area contributed by atoms with E-state index >= 15 is 0 Å². The quantitative estimate of drug-likeness (QED) is 0.455. The van der Waals surface area contributed by atoms with Gasteiger partial charge < -0.3 is 15.4 Å². The average molecular weight is 509 g/mol. The minimum atomic E-state index is -4.62. The number of piperidine rings is 1. The van der Waals surface area contributed by atoms with Crippen LogP contribution in [0.5, 0.6) is 11.5 Å². The molecule has 2 heterocycles. The second-order valence-corrected chi connectivity index (χ2v) is 9.89. The van der Waals surface area contributed by atoms with Gasteiger partial charge in [0.15, 0.2) is 0 Å². The summed E-state index contributed by atoms with van der Waals surface area (Å²) in [5.74, 6) is -2.56. The average Bonchev–Trinajstić information content (AvgIpc) is 2.84. The number of aryl methyl sites for hydroxylation is 2. The van der Waals surface area contributed by atoms with E-state index in [-0.39, 0.29) is 12.8 Å². The molecule has 2 amide bonds. The number of benzene rings is 3. The van der Waals surface area contributed by atoms with Crippen LogP contribution < -0.4 is 15.4 Å². The van der Waals surface area contributed by atoms with Gasteiger partial charge >= 0.3 is 6.18 Å². The van der Waals surface area contributed by atoms with Gasteiger partial charge in [-0.15, -0.1) is 0 Å². The SMILES string of the molecule is Cc1ccc2c(c1)Oc1cc(C)ccc1C2NC(=O)C1CC(Cc2ccccc2)C(C(F)(F)F)NC1=O. The first-order chi connectivity index (χ1) is 17.6. The Morgan fingerprint density at radius 2 is 1.57 bits per heavy atom. The summed E-state index contributed by atoms with van der Waals surface area (Å²) in [5, 5.41) is 5.05. The summed E-state index contributed by atoms with van der Waals surface area (Å²) in [4.78, 5) is 26.3. The summed E-state index contributed by atoms with van der Waals surface area (Å²) >= 11 is 0. The van der Waals surface area contributed by atoms with Crippen molar-refractivity contribution in [2.24, 2.45) is 11.8 Å². The Bertz CT molecular complexity index is 1290. The number of carbonyl (C=O) groups is 2.